The van der Waals surface area contributed by atoms with E-state index in [9.17, 15) is 13.6 Å². The first-order chi connectivity index (χ1) is 8.49. The molecule has 0 aliphatic carbocycles. The Balaban J connectivity index is 2.43. The van der Waals surface area contributed by atoms with E-state index in [2.05, 4.69) is 15.3 Å². The Morgan fingerprint density at radius 3 is 2.78 bits per heavy atom. The lowest BCUT2D eigenvalue weighted by Crippen LogP contribution is -2.13. The van der Waals surface area contributed by atoms with Gasteiger partial charge in [-0.25, -0.2) is 13.8 Å². The Bertz CT molecular complexity index is 657. The van der Waals surface area contributed by atoms with Gasteiger partial charge in [-0.1, -0.05) is 0 Å². The third-order valence-corrected chi connectivity index (χ3v) is 3.30. The molecule has 0 fully saturated rings. The Labute approximate surface area is 115 Å². The molecule has 0 aliphatic rings. The number of aryl methyl sites for hydroxylation is 1. The van der Waals surface area contributed by atoms with Gasteiger partial charge in [-0.2, -0.15) is 0 Å². The summed E-state index contributed by atoms with van der Waals surface area (Å²) in [7, 11) is 0. The molecule has 0 unspecified atom stereocenters. The van der Waals surface area contributed by atoms with Crippen molar-refractivity contribution in [2.24, 2.45) is 0 Å². The van der Waals surface area contributed by atoms with Crippen LogP contribution in [0.2, 0.25) is 0 Å². The van der Waals surface area contributed by atoms with Crippen LogP contribution in [-0.2, 0) is 0 Å². The summed E-state index contributed by atoms with van der Waals surface area (Å²) in [6, 6.07) is 2.11. The summed E-state index contributed by atoms with van der Waals surface area (Å²) in [5.74, 6) is -0.952. The maximum Gasteiger partial charge on any atom is 0.266 e. The van der Waals surface area contributed by atoms with E-state index in [4.69, 9.17) is 0 Å². The van der Waals surface area contributed by atoms with Crippen LogP contribution in [0.5, 0.6) is 0 Å². The minimum atomic E-state index is -0.605. The summed E-state index contributed by atoms with van der Waals surface area (Å²) in [4.78, 5) is 17.6. The van der Waals surface area contributed by atoms with Crippen molar-refractivity contribution in [3.8, 4) is 0 Å². The average molecular weight is 363 g/mol. The van der Waals surface area contributed by atoms with Gasteiger partial charge in [-0.05, 0) is 41.1 Å². The third kappa shape index (κ3) is 2.50. The smallest absolute Gasteiger partial charge is 0.266 e. The van der Waals surface area contributed by atoms with Crippen LogP contribution in [-0.4, -0.2) is 9.97 Å². The molecule has 0 atom stereocenters. The van der Waals surface area contributed by atoms with Crippen molar-refractivity contribution in [1.29, 1.82) is 0 Å². The second kappa shape index (κ2) is 5.01. The summed E-state index contributed by atoms with van der Waals surface area (Å²) in [5, 5.41) is 2.60. The predicted molar refractivity (Wildman–Crippen MR) is 72.0 cm³/mol. The molecule has 1 heterocycles. The second-order valence-electron chi connectivity index (χ2n) is 3.60. The number of aromatic amines is 1. The van der Waals surface area contributed by atoms with E-state index in [-0.39, 0.29) is 26.2 Å². The molecule has 0 aliphatic heterocycles. The summed E-state index contributed by atoms with van der Waals surface area (Å²) >= 11 is 1.77. The zero-order valence-corrected chi connectivity index (χ0v) is 11.4. The van der Waals surface area contributed by atoms with E-state index in [1.165, 1.54) is 13.3 Å². The van der Waals surface area contributed by atoms with Crippen molar-refractivity contribution in [1.82, 2.24) is 9.97 Å². The Morgan fingerprint density at radius 2 is 2.06 bits per heavy atom. The number of benzene rings is 1. The molecular weight excluding hydrogens is 355 g/mol. The van der Waals surface area contributed by atoms with Gasteiger partial charge < -0.3 is 10.3 Å². The largest absolute Gasteiger partial charge is 0.337 e. The van der Waals surface area contributed by atoms with Crippen LogP contribution in [0.4, 0.5) is 20.3 Å². The molecule has 0 spiro atoms. The lowest BCUT2D eigenvalue weighted by Gasteiger charge is -2.09. The fraction of sp³-hybridized carbons (Fsp3) is 0.0909. The average Bonchev–Trinajstić information content (AvgIpc) is 2.32. The first-order valence-corrected chi connectivity index (χ1v) is 6.03. The number of nitrogens with zero attached hydrogens (tertiary/aromatic N) is 1. The number of aromatic nitrogens is 2. The molecule has 1 aromatic heterocycles. The molecule has 0 radical (unpaired) electrons. The minimum Gasteiger partial charge on any atom is -0.337 e. The molecule has 7 heteroatoms. The fourth-order valence-corrected chi connectivity index (χ4v) is 1.77. The Hall–Kier alpha value is -1.51. The van der Waals surface area contributed by atoms with Crippen LogP contribution in [0.25, 0.3) is 0 Å². The van der Waals surface area contributed by atoms with Crippen LogP contribution < -0.4 is 10.9 Å². The van der Waals surface area contributed by atoms with E-state index < -0.39 is 11.6 Å². The standard InChI is InChI=1S/C11H8F2IN3O/c1-5-2-7(13)8(3-6(5)12)17-10-9(14)11(18)16-4-15-10/h2-4H,1H3,(H2,15,16,17,18). The van der Waals surface area contributed by atoms with Gasteiger partial charge >= 0.3 is 0 Å². The van der Waals surface area contributed by atoms with Crippen LogP contribution in [0.3, 0.4) is 0 Å². The number of H-pyrrole nitrogens is 1. The highest BCUT2D eigenvalue weighted by Crippen LogP contribution is 2.23. The summed E-state index contributed by atoms with van der Waals surface area (Å²) in [6.07, 6.45) is 1.19. The van der Waals surface area contributed by atoms with Crippen molar-refractivity contribution in [2.75, 3.05) is 5.32 Å². The van der Waals surface area contributed by atoms with Gasteiger partial charge in [0.1, 0.15) is 15.2 Å². The number of nitrogens with one attached hydrogen (secondary N) is 2. The van der Waals surface area contributed by atoms with E-state index in [0.717, 1.165) is 12.1 Å². The first kappa shape index (κ1) is 12.9. The molecule has 2 N–H and O–H groups in total. The molecule has 4 nitrogen and oxygen atoms in total. The van der Waals surface area contributed by atoms with Crippen molar-refractivity contribution in [3.05, 3.63) is 49.6 Å². The highest BCUT2D eigenvalue weighted by Gasteiger charge is 2.11. The van der Waals surface area contributed by atoms with Gasteiger partial charge in [0.25, 0.3) is 5.56 Å². The topological polar surface area (TPSA) is 57.8 Å². The fourth-order valence-electron chi connectivity index (χ4n) is 1.34. The predicted octanol–water partition coefficient (Wildman–Crippen LogP) is 2.70. The van der Waals surface area contributed by atoms with Crippen molar-refractivity contribution >= 4 is 34.1 Å². The molecule has 0 bridgehead atoms. The van der Waals surface area contributed by atoms with Gasteiger partial charge in [0.05, 0.1) is 12.0 Å². The normalized spacial score (nSPS) is 10.4. The molecule has 2 rings (SSSR count). The molecule has 1 aromatic carbocycles. The van der Waals surface area contributed by atoms with Crippen LogP contribution in [0, 0.1) is 22.1 Å². The number of halogens is 3. The maximum atomic E-state index is 13.6. The van der Waals surface area contributed by atoms with Gasteiger partial charge in [0.15, 0.2) is 5.82 Å². The zero-order chi connectivity index (χ0) is 13.3. The monoisotopic (exact) mass is 363 g/mol. The molecule has 0 saturated heterocycles. The highest BCUT2D eigenvalue weighted by molar-refractivity contribution is 14.1. The van der Waals surface area contributed by atoms with Crippen LogP contribution >= 0.6 is 22.6 Å². The van der Waals surface area contributed by atoms with Gasteiger partial charge in [0, 0.05) is 6.07 Å². The quantitative estimate of drug-likeness (QED) is 0.807. The Morgan fingerprint density at radius 1 is 1.33 bits per heavy atom. The van der Waals surface area contributed by atoms with Crippen LogP contribution in [0.15, 0.2) is 23.3 Å². The molecule has 0 amide bonds. The summed E-state index contributed by atoms with van der Waals surface area (Å²) in [6.45, 7) is 1.47. The molecule has 0 saturated carbocycles. The van der Waals surface area contributed by atoms with Crippen molar-refractivity contribution < 1.29 is 8.78 Å². The Kier molecular flexibility index (Phi) is 3.60. The van der Waals surface area contributed by atoms with Crippen molar-refractivity contribution in [2.45, 2.75) is 6.92 Å². The SMILES string of the molecule is Cc1cc(F)c(Nc2nc[nH]c(=O)c2I)cc1F. The number of hydrogen-bond acceptors (Lipinski definition) is 3. The summed E-state index contributed by atoms with van der Waals surface area (Å²) < 4.78 is 27.2. The lowest BCUT2D eigenvalue weighted by molar-refractivity contribution is 0.595. The number of hydrogen-bond donors (Lipinski definition) is 2. The first-order valence-electron chi connectivity index (χ1n) is 4.95. The molecule has 2 aromatic rings. The lowest BCUT2D eigenvalue weighted by atomic mass is 10.2. The minimum absolute atomic E-state index is 0.0610. The molecular formula is C11H8F2IN3O. The van der Waals surface area contributed by atoms with Gasteiger partial charge in [-0.3, -0.25) is 4.79 Å². The van der Waals surface area contributed by atoms with Crippen LogP contribution in [0.1, 0.15) is 5.56 Å². The van der Waals surface area contributed by atoms with E-state index in [1.807, 2.05) is 0 Å². The summed E-state index contributed by atoms with van der Waals surface area (Å²) in [5.41, 5.74) is -0.193. The number of anilines is 2. The van der Waals surface area contributed by atoms with E-state index in [0.29, 0.717) is 0 Å². The zero-order valence-electron chi connectivity index (χ0n) is 9.22. The maximum absolute atomic E-state index is 13.6. The highest BCUT2D eigenvalue weighted by atomic mass is 127. The third-order valence-electron chi connectivity index (χ3n) is 2.30. The second-order valence-corrected chi connectivity index (χ2v) is 4.68. The molecule has 18 heavy (non-hydrogen) atoms. The number of rotatable bonds is 2. The van der Waals surface area contributed by atoms with Gasteiger partial charge in [0.2, 0.25) is 0 Å². The van der Waals surface area contributed by atoms with Crippen molar-refractivity contribution in [3.63, 3.8) is 0 Å². The molecule has 94 valence electrons. The van der Waals surface area contributed by atoms with E-state index in [1.54, 1.807) is 22.6 Å². The van der Waals surface area contributed by atoms with E-state index >= 15 is 0 Å². The van der Waals surface area contributed by atoms with Gasteiger partial charge in [-0.15, -0.1) is 0 Å².